The van der Waals surface area contributed by atoms with Gasteiger partial charge in [0.15, 0.2) is 0 Å². The van der Waals surface area contributed by atoms with Crippen molar-refractivity contribution in [3.63, 3.8) is 0 Å². The molecule has 1 aromatic rings. The Balaban J connectivity index is 2.35. The maximum absolute atomic E-state index is 11.7. The summed E-state index contributed by atoms with van der Waals surface area (Å²) in [6.07, 6.45) is 7.16. The van der Waals surface area contributed by atoms with E-state index < -0.39 is 0 Å². The van der Waals surface area contributed by atoms with Crippen LogP contribution in [0.3, 0.4) is 0 Å². The number of nitrogens with one attached hydrogen (secondary N) is 1. The molecule has 1 rings (SSSR count). The van der Waals surface area contributed by atoms with Gasteiger partial charge in [-0.1, -0.05) is 69.9 Å². The zero-order valence-electron chi connectivity index (χ0n) is 12.7. The first-order chi connectivity index (χ1) is 9.77. The fourth-order valence-electron chi connectivity index (χ4n) is 2.05. The third kappa shape index (κ3) is 6.50. The summed E-state index contributed by atoms with van der Waals surface area (Å²) in [5.74, 6) is 0.0170. The Bertz CT molecular complexity index is 412. The third-order valence-corrected chi connectivity index (χ3v) is 3.26. The SMILES string of the molecule is CCCCCCCC(=O)N/N=C(\CC)c1ccccc1. The van der Waals surface area contributed by atoms with Crippen molar-refractivity contribution in [1.82, 2.24) is 5.43 Å². The lowest BCUT2D eigenvalue weighted by Crippen LogP contribution is -2.19. The summed E-state index contributed by atoms with van der Waals surface area (Å²) in [5, 5.41) is 4.24. The summed E-state index contributed by atoms with van der Waals surface area (Å²) < 4.78 is 0. The smallest absolute Gasteiger partial charge is 0.240 e. The third-order valence-electron chi connectivity index (χ3n) is 3.26. The number of carbonyl (C=O) groups is 1. The Hall–Kier alpha value is -1.64. The average molecular weight is 274 g/mol. The van der Waals surface area contributed by atoms with Gasteiger partial charge in [0.05, 0.1) is 5.71 Å². The van der Waals surface area contributed by atoms with Crippen molar-refractivity contribution in [2.24, 2.45) is 5.10 Å². The average Bonchev–Trinajstić information content (AvgIpc) is 2.49. The molecule has 1 N–H and O–H groups in total. The molecule has 0 spiro atoms. The molecule has 0 saturated heterocycles. The van der Waals surface area contributed by atoms with Gasteiger partial charge in [-0.3, -0.25) is 4.79 Å². The number of hydrogen-bond acceptors (Lipinski definition) is 2. The topological polar surface area (TPSA) is 41.5 Å². The second kappa shape index (κ2) is 10.2. The highest BCUT2D eigenvalue weighted by Gasteiger charge is 2.03. The van der Waals surface area contributed by atoms with Gasteiger partial charge in [-0.25, -0.2) is 5.43 Å². The Labute approximate surface area is 122 Å². The van der Waals surface area contributed by atoms with Crippen LogP contribution in [0.5, 0.6) is 0 Å². The molecule has 1 amide bonds. The fraction of sp³-hybridized carbons (Fsp3) is 0.529. The zero-order valence-corrected chi connectivity index (χ0v) is 12.7. The zero-order chi connectivity index (χ0) is 14.6. The fourth-order valence-corrected chi connectivity index (χ4v) is 2.05. The Morgan fingerprint density at radius 1 is 1.05 bits per heavy atom. The molecular weight excluding hydrogens is 248 g/mol. The van der Waals surface area contributed by atoms with Crippen molar-refractivity contribution in [1.29, 1.82) is 0 Å². The predicted octanol–water partition coefficient (Wildman–Crippen LogP) is 4.28. The largest absolute Gasteiger partial charge is 0.273 e. The van der Waals surface area contributed by atoms with Crippen molar-refractivity contribution in [2.75, 3.05) is 0 Å². The molecule has 0 heterocycles. The van der Waals surface area contributed by atoms with Crippen LogP contribution in [-0.4, -0.2) is 11.6 Å². The minimum atomic E-state index is 0.0170. The van der Waals surface area contributed by atoms with Crippen LogP contribution >= 0.6 is 0 Å². The first-order valence-corrected chi connectivity index (χ1v) is 7.68. The maximum atomic E-state index is 11.7. The van der Waals surface area contributed by atoms with E-state index in [1.807, 2.05) is 37.3 Å². The number of amides is 1. The van der Waals surface area contributed by atoms with E-state index in [9.17, 15) is 4.79 Å². The summed E-state index contributed by atoms with van der Waals surface area (Å²) >= 11 is 0. The first kappa shape index (κ1) is 16.4. The van der Waals surface area contributed by atoms with Crippen LogP contribution in [0, 0.1) is 0 Å². The van der Waals surface area contributed by atoms with Gasteiger partial charge in [-0.2, -0.15) is 5.10 Å². The minimum Gasteiger partial charge on any atom is -0.273 e. The van der Waals surface area contributed by atoms with Crippen LogP contribution in [0.1, 0.15) is 64.4 Å². The molecule has 3 heteroatoms. The molecule has 110 valence electrons. The molecule has 0 fully saturated rings. The highest BCUT2D eigenvalue weighted by atomic mass is 16.2. The van der Waals surface area contributed by atoms with E-state index in [0.717, 1.165) is 30.5 Å². The lowest BCUT2D eigenvalue weighted by atomic mass is 10.1. The standard InChI is InChI=1S/C17H26N2O/c1-3-5-6-7-11-14-17(20)19-18-16(4-2)15-12-9-8-10-13-15/h8-10,12-13H,3-7,11,14H2,1-2H3,(H,19,20)/b18-16+. The van der Waals surface area contributed by atoms with E-state index in [1.165, 1.54) is 19.3 Å². The molecule has 0 unspecified atom stereocenters. The predicted molar refractivity (Wildman–Crippen MR) is 84.8 cm³/mol. The quantitative estimate of drug-likeness (QED) is 0.407. The van der Waals surface area contributed by atoms with E-state index >= 15 is 0 Å². The van der Waals surface area contributed by atoms with Crippen LogP contribution in [0.4, 0.5) is 0 Å². The Kier molecular flexibility index (Phi) is 8.36. The summed E-state index contributed by atoms with van der Waals surface area (Å²) in [6.45, 7) is 4.24. The lowest BCUT2D eigenvalue weighted by molar-refractivity contribution is -0.121. The first-order valence-electron chi connectivity index (χ1n) is 7.68. The Morgan fingerprint density at radius 3 is 2.40 bits per heavy atom. The van der Waals surface area contributed by atoms with Crippen LogP contribution in [0.25, 0.3) is 0 Å². The molecule has 0 aromatic heterocycles. The second-order valence-corrected chi connectivity index (χ2v) is 4.98. The van der Waals surface area contributed by atoms with Crippen LogP contribution < -0.4 is 5.43 Å². The number of benzene rings is 1. The minimum absolute atomic E-state index is 0.0170. The molecule has 3 nitrogen and oxygen atoms in total. The van der Waals surface area contributed by atoms with Crippen molar-refractivity contribution < 1.29 is 4.79 Å². The second-order valence-electron chi connectivity index (χ2n) is 4.98. The maximum Gasteiger partial charge on any atom is 0.240 e. The van der Waals surface area contributed by atoms with Gasteiger partial charge >= 0.3 is 0 Å². The summed E-state index contributed by atoms with van der Waals surface area (Å²) in [6, 6.07) is 9.97. The number of rotatable bonds is 9. The van der Waals surface area contributed by atoms with E-state index in [2.05, 4.69) is 17.5 Å². The van der Waals surface area contributed by atoms with Crippen molar-refractivity contribution in [3.05, 3.63) is 35.9 Å². The van der Waals surface area contributed by atoms with E-state index in [-0.39, 0.29) is 5.91 Å². The van der Waals surface area contributed by atoms with Gasteiger partial charge in [0.1, 0.15) is 0 Å². The molecule has 20 heavy (non-hydrogen) atoms. The summed E-state index contributed by atoms with van der Waals surface area (Å²) in [4.78, 5) is 11.7. The molecule has 0 aliphatic heterocycles. The number of unbranched alkanes of at least 4 members (excludes halogenated alkanes) is 4. The number of carbonyl (C=O) groups excluding carboxylic acids is 1. The monoisotopic (exact) mass is 274 g/mol. The molecule has 0 bridgehead atoms. The number of hydrazone groups is 1. The molecule has 0 saturated carbocycles. The highest BCUT2D eigenvalue weighted by molar-refractivity contribution is 6.00. The van der Waals surface area contributed by atoms with E-state index in [0.29, 0.717) is 6.42 Å². The normalized spacial score (nSPS) is 11.4. The molecule has 0 aliphatic carbocycles. The molecule has 1 aromatic carbocycles. The van der Waals surface area contributed by atoms with Gasteiger partial charge in [-0.05, 0) is 18.4 Å². The Morgan fingerprint density at radius 2 is 1.75 bits per heavy atom. The van der Waals surface area contributed by atoms with Gasteiger partial charge in [-0.15, -0.1) is 0 Å². The van der Waals surface area contributed by atoms with Gasteiger partial charge in [0.25, 0.3) is 0 Å². The van der Waals surface area contributed by atoms with Crippen LogP contribution in [-0.2, 0) is 4.79 Å². The highest BCUT2D eigenvalue weighted by Crippen LogP contribution is 2.06. The van der Waals surface area contributed by atoms with Gasteiger partial charge < -0.3 is 0 Å². The van der Waals surface area contributed by atoms with Crippen LogP contribution in [0.2, 0.25) is 0 Å². The van der Waals surface area contributed by atoms with Gasteiger partial charge in [0, 0.05) is 6.42 Å². The molecule has 0 aliphatic rings. The van der Waals surface area contributed by atoms with E-state index in [1.54, 1.807) is 0 Å². The van der Waals surface area contributed by atoms with Crippen molar-refractivity contribution >= 4 is 11.6 Å². The lowest BCUT2D eigenvalue weighted by Gasteiger charge is -2.05. The van der Waals surface area contributed by atoms with Crippen LogP contribution in [0.15, 0.2) is 35.4 Å². The van der Waals surface area contributed by atoms with E-state index in [4.69, 9.17) is 0 Å². The molecule has 0 radical (unpaired) electrons. The number of nitrogens with zero attached hydrogens (tertiary/aromatic N) is 1. The summed E-state index contributed by atoms with van der Waals surface area (Å²) in [5.41, 5.74) is 4.66. The molecule has 0 atom stereocenters. The van der Waals surface area contributed by atoms with Crippen molar-refractivity contribution in [3.8, 4) is 0 Å². The molecular formula is C17H26N2O. The van der Waals surface area contributed by atoms with Crippen molar-refractivity contribution in [2.45, 2.75) is 58.8 Å². The van der Waals surface area contributed by atoms with Gasteiger partial charge in [0.2, 0.25) is 5.91 Å². The summed E-state index contributed by atoms with van der Waals surface area (Å²) in [7, 11) is 0. The number of hydrogen-bond donors (Lipinski definition) is 1.